The molecule has 8 aromatic carbocycles. The molecule has 0 fully saturated rings. The summed E-state index contributed by atoms with van der Waals surface area (Å²) >= 11 is 1.85. The molecule has 0 aliphatic rings. The van der Waals surface area contributed by atoms with Crippen LogP contribution >= 0.6 is 11.3 Å². The Morgan fingerprint density at radius 3 is 2.05 bits per heavy atom. The minimum atomic E-state index is 0.141. The normalized spacial score (nSPS) is 12.3. The highest BCUT2D eigenvalue weighted by Crippen LogP contribution is 2.45. The molecule has 1 N–H and O–H groups in total. The molecule has 57 heavy (non-hydrogen) atoms. The van der Waals surface area contributed by atoms with Crippen LogP contribution in [0.25, 0.3) is 80.7 Å². The Labute approximate surface area is 331 Å². The number of thiophene rings is 1. The average molecular weight is 749 g/mol. The van der Waals surface area contributed by atoms with Gasteiger partial charge in [-0.05, 0) is 65.2 Å². The van der Waals surface area contributed by atoms with Gasteiger partial charge in [-0.1, -0.05) is 133 Å². The topological polar surface area (TPSA) is 66.6 Å². The van der Waals surface area contributed by atoms with Gasteiger partial charge in [0.2, 0.25) is 0 Å². The lowest BCUT2D eigenvalue weighted by molar-refractivity contribution is 0.669. The summed E-state index contributed by atoms with van der Waals surface area (Å²) in [6.45, 7) is 0. The molecule has 11 aromatic rings. The third kappa shape index (κ3) is 5.57. The molecular weight excluding hydrogens is 717 g/mol. The van der Waals surface area contributed by atoms with E-state index in [0.717, 1.165) is 44.2 Å². The lowest BCUT2D eigenvalue weighted by Crippen LogP contribution is -2.04. The van der Waals surface area contributed by atoms with Crippen LogP contribution < -0.4 is 0 Å². The molecule has 0 atom stereocenters. The van der Waals surface area contributed by atoms with E-state index in [2.05, 4.69) is 114 Å². The molecule has 11 rings (SSSR count). The van der Waals surface area contributed by atoms with Gasteiger partial charge in [0.25, 0.3) is 0 Å². The molecule has 0 aliphatic heterocycles. The number of rotatable bonds is 5. The van der Waals surface area contributed by atoms with E-state index in [1.54, 1.807) is 6.21 Å². The number of para-hydroxylation sites is 2. The standard InChI is InChI=1S/C51H32N4OS/c52-50(33-15-5-2-6-16-33)54-51(53-31-32-13-3-1-4-14-32)35-25-27-39-41-29-34(26-28-45(41)56-46(39)30-35)36-19-12-24-47-48(36)40-20-11-23-44(49(40)57-47)55-42-21-9-7-17-37(42)38-18-8-10-22-43(38)55/h1-31,52H/b52-50?,53-31+,54-51-. The van der Waals surface area contributed by atoms with Crippen LogP contribution in [0.15, 0.2) is 196 Å². The van der Waals surface area contributed by atoms with E-state index in [0.29, 0.717) is 5.84 Å². The van der Waals surface area contributed by atoms with E-state index in [1.807, 2.05) is 84.1 Å². The van der Waals surface area contributed by atoms with E-state index in [-0.39, 0.29) is 5.84 Å². The van der Waals surface area contributed by atoms with E-state index in [4.69, 9.17) is 19.8 Å². The fraction of sp³-hybridized carbons (Fsp3) is 0. The molecule has 268 valence electrons. The summed E-state index contributed by atoms with van der Waals surface area (Å²) in [6.07, 6.45) is 1.78. The number of furan rings is 1. The fourth-order valence-corrected chi connectivity index (χ4v) is 9.36. The van der Waals surface area contributed by atoms with E-state index in [1.165, 1.54) is 53.2 Å². The Hall–Kier alpha value is -7.41. The lowest BCUT2D eigenvalue weighted by atomic mass is 9.97. The number of fused-ring (bicyclic) bond motifs is 9. The van der Waals surface area contributed by atoms with Gasteiger partial charge in [-0.15, -0.1) is 11.3 Å². The second-order valence-electron chi connectivity index (χ2n) is 14.1. The van der Waals surface area contributed by atoms with Gasteiger partial charge in [-0.2, -0.15) is 0 Å². The Bertz CT molecular complexity index is 3370. The lowest BCUT2D eigenvalue weighted by Gasteiger charge is -2.10. The van der Waals surface area contributed by atoms with E-state index < -0.39 is 0 Å². The summed E-state index contributed by atoms with van der Waals surface area (Å²) in [5.41, 5.74) is 9.92. The predicted molar refractivity (Wildman–Crippen MR) is 240 cm³/mol. The second kappa shape index (κ2) is 13.4. The third-order valence-electron chi connectivity index (χ3n) is 10.8. The quantitative estimate of drug-likeness (QED) is 0.138. The van der Waals surface area contributed by atoms with Crippen molar-refractivity contribution in [1.82, 2.24) is 4.57 Å². The number of aromatic nitrogens is 1. The maximum atomic E-state index is 8.77. The zero-order chi connectivity index (χ0) is 37.9. The Balaban J connectivity index is 1.03. The summed E-state index contributed by atoms with van der Waals surface area (Å²) in [5, 5.41) is 15.8. The number of amidine groups is 2. The Morgan fingerprint density at radius 1 is 0.561 bits per heavy atom. The number of aliphatic imine (C=N–C) groups is 2. The van der Waals surface area contributed by atoms with Crippen LogP contribution in [0.4, 0.5) is 0 Å². The third-order valence-corrected chi connectivity index (χ3v) is 12.0. The van der Waals surface area contributed by atoms with Gasteiger partial charge in [0.05, 0.1) is 21.4 Å². The minimum Gasteiger partial charge on any atom is -0.456 e. The summed E-state index contributed by atoms with van der Waals surface area (Å²) < 4.78 is 11.4. The van der Waals surface area contributed by atoms with Crippen molar-refractivity contribution in [3.63, 3.8) is 0 Å². The molecule has 5 nitrogen and oxygen atoms in total. The van der Waals surface area contributed by atoms with Crippen molar-refractivity contribution in [2.45, 2.75) is 0 Å². The highest BCUT2D eigenvalue weighted by molar-refractivity contribution is 7.26. The Kier molecular flexibility index (Phi) is 7.76. The molecule has 0 spiro atoms. The maximum absolute atomic E-state index is 8.77. The average Bonchev–Trinajstić information content (AvgIpc) is 3.95. The summed E-state index contributed by atoms with van der Waals surface area (Å²) in [5.74, 6) is 0.578. The van der Waals surface area contributed by atoms with Gasteiger partial charge in [0, 0.05) is 54.4 Å². The number of hydrogen-bond donors (Lipinski definition) is 1. The van der Waals surface area contributed by atoms with Crippen LogP contribution in [0.2, 0.25) is 0 Å². The number of hydrogen-bond acceptors (Lipinski definition) is 3. The summed E-state index contributed by atoms with van der Waals surface area (Å²) in [7, 11) is 0. The molecule has 0 saturated heterocycles. The zero-order valence-electron chi connectivity index (χ0n) is 30.6. The van der Waals surface area contributed by atoms with Crippen molar-refractivity contribution >= 4 is 93.1 Å². The zero-order valence-corrected chi connectivity index (χ0v) is 31.4. The monoisotopic (exact) mass is 748 g/mol. The van der Waals surface area contributed by atoms with Crippen molar-refractivity contribution in [3.05, 3.63) is 199 Å². The summed E-state index contributed by atoms with van der Waals surface area (Å²) in [4.78, 5) is 9.49. The van der Waals surface area contributed by atoms with Gasteiger partial charge in [-0.3, -0.25) is 5.41 Å². The predicted octanol–water partition coefficient (Wildman–Crippen LogP) is 13.6. The van der Waals surface area contributed by atoms with Crippen LogP contribution in [0, 0.1) is 5.41 Å². The number of benzene rings is 8. The molecule has 0 radical (unpaired) electrons. The van der Waals surface area contributed by atoms with E-state index in [9.17, 15) is 0 Å². The van der Waals surface area contributed by atoms with Crippen LogP contribution in [0.3, 0.4) is 0 Å². The first-order valence-corrected chi connectivity index (χ1v) is 19.7. The van der Waals surface area contributed by atoms with Crippen LogP contribution in [0.5, 0.6) is 0 Å². The Morgan fingerprint density at radius 2 is 1.26 bits per heavy atom. The van der Waals surface area contributed by atoms with Gasteiger partial charge >= 0.3 is 0 Å². The molecule has 3 heterocycles. The molecule has 3 aromatic heterocycles. The first-order valence-electron chi connectivity index (χ1n) is 18.9. The van der Waals surface area contributed by atoms with Crippen LogP contribution in [-0.4, -0.2) is 22.5 Å². The van der Waals surface area contributed by atoms with Crippen LogP contribution in [0.1, 0.15) is 16.7 Å². The fourth-order valence-electron chi connectivity index (χ4n) is 8.12. The SMILES string of the molecule is N=C(/N=C(\N=C\c1ccccc1)c1ccc2c(c1)oc1ccc(-c3cccc4sc5c(-n6c7ccccc7c7ccccc76)cccc5c34)cc12)c1ccccc1. The molecule has 0 saturated carbocycles. The first-order chi connectivity index (χ1) is 28.2. The van der Waals surface area contributed by atoms with Gasteiger partial charge in [0.15, 0.2) is 11.7 Å². The molecule has 6 heteroatoms. The van der Waals surface area contributed by atoms with Crippen molar-refractivity contribution in [3.8, 4) is 16.8 Å². The molecule has 0 bridgehead atoms. The van der Waals surface area contributed by atoms with Gasteiger partial charge < -0.3 is 8.98 Å². The van der Waals surface area contributed by atoms with E-state index >= 15 is 0 Å². The van der Waals surface area contributed by atoms with Crippen LogP contribution in [-0.2, 0) is 0 Å². The maximum Gasteiger partial charge on any atom is 0.161 e. The van der Waals surface area contributed by atoms with Gasteiger partial charge in [-0.25, -0.2) is 9.98 Å². The molecule has 0 aliphatic carbocycles. The number of nitrogens with one attached hydrogen (secondary N) is 1. The minimum absolute atomic E-state index is 0.141. The first kappa shape index (κ1) is 33.0. The summed E-state index contributed by atoms with van der Waals surface area (Å²) in [6, 6.07) is 62.8. The highest BCUT2D eigenvalue weighted by atomic mass is 32.1. The largest absolute Gasteiger partial charge is 0.456 e. The smallest absolute Gasteiger partial charge is 0.161 e. The second-order valence-corrected chi connectivity index (χ2v) is 15.2. The van der Waals surface area contributed by atoms with Crippen molar-refractivity contribution in [2.24, 2.45) is 9.98 Å². The van der Waals surface area contributed by atoms with Crippen molar-refractivity contribution < 1.29 is 4.42 Å². The van der Waals surface area contributed by atoms with Crippen molar-refractivity contribution in [2.75, 3.05) is 0 Å². The van der Waals surface area contributed by atoms with Gasteiger partial charge in [0.1, 0.15) is 11.2 Å². The number of nitrogens with zero attached hydrogens (tertiary/aromatic N) is 3. The molecular formula is C51H32N4OS. The molecule has 0 unspecified atom stereocenters. The molecule has 0 amide bonds. The van der Waals surface area contributed by atoms with Crippen molar-refractivity contribution in [1.29, 1.82) is 5.41 Å². The highest BCUT2D eigenvalue weighted by Gasteiger charge is 2.19.